The van der Waals surface area contributed by atoms with Crippen molar-refractivity contribution in [2.45, 2.75) is 59.5 Å². The maximum atomic E-state index is 12.7. The predicted octanol–water partition coefficient (Wildman–Crippen LogP) is 3.27. The summed E-state index contributed by atoms with van der Waals surface area (Å²) < 4.78 is 5.44. The molecule has 2 N–H and O–H groups in total. The van der Waals surface area contributed by atoms with Gasteiger partial charge in [0.25, 0.3) is 5.91 Å². The van der Waals surface area contributed by atoms with E-state index in [4.69, 9.17) is 4.52 Å². The molecule has 2 aromatic rings. The molecular formula is C20H28N4O3. The highest BCUT2D eigenvalue weighted by Gasteiger charge is 2.30. The van der Waals surface area contributed by atoms with Gasteiger partial charge < -0.3 is 15.2 Å². The first-order valence-corrected chi connectivity index (χ1v) is 9.09. The summed E-state index contributed by atoms with van der Waals surface area (Å²) in [7, 11) is 0. The standard InChI is InChI=1S/C20H28N4O3/c1-12(2)11-16(21-17(26)15-10-8-7-9-13(15)3)18-22-19(24-27-18)20(5,6)23-14(4)25/h7-10,12,16H,11H2,1-6H3,(H,21,26)(H,23,25). The van der Waals surface area contributed by atoms with Crippen LogP contribution in [0.4, 0.5) is 0 Å². The van der Waals surface area contributed by atoms with Gasteiger partial charge in [0.1, 0.15) is 6.04 Å². The average Bonchev–Trinajstić information content (AvgIpc) is 3.03. The van der Waals surface area contributed by atoms with E-state index in [0.29, 0.717) is 29.6 Å². The van der Waals surface area contributed by atoms with Gasteiger partial charge in [0.05, 0.1) is 5.54 Å². The number of hydrogen-bond donors (Lipinski definition) is 2. The van der Waals surface area contributed by atoms with Gasteiger partial charge >= 0.3 is 0 Å². The Morgan fingerprint density at radius 3 is 2.48 bits per heavy atom. The Hall–Kier alpha value is -2.70. The smallest absolute Gasteiger partial charge is 0.252 e. The van der Waals surface area contributed by atoms with Crippen LogP contribution in [-0.4, -0.2) is 22.0 Å². The highest BCUT2D eigenvalue weighted by atomic mass is 16.5. The summed E-state index contributed by atoms with van der Waals surface area (Å²) >= 11 is 0. The molecule has 0 saturated carbocycles. The lowest BCUT2D eigenvalue weighted by molar-refractivity contribution is -0.120. The Balaban J connectivity index is 2.25. The summed E-state index contributed by atoms with van der Waals surface area (Å²) in [6, 6.07) is 7.00. The first-order chi connectivity index (χ1) is 12.6. The maximum Gasteiger partial charge on any atom is 0.252 e. The largest absolute Gasteiger partial charge is 0.344 e. The molecule has 0 aliphatic carbocycles. The van der Waals surface area contributed by atoms with Gasteiger partial charge in [0.15, 0.2) is 5.82 Å². The predicted molar refractivity (Wildman–Crippen MR) is 102 cm³/mol. The molecular weight excluding hydrogens is 344 g/mol. The van der Waals surface area contributed by atoms with E-state index in [1.807, 2.05) is 25.1 Å². The van der Waals surface area contributed by atoms with E-state index in [1.54, 1.807) is 19.9 Å². The first-order valence-electron chi connectivity index (χ1n) is 9.09. The number of benzene rings is 1. The van der Waals surface area contributed by atoms with Crippen LogP contribution in [0.2, 0.25) is 0 Å². The molecule has 1 aromatic heterocycles. The van der Waals surface area contributed by atoms with Gasteiger partial charge in [-0.1, -0.05) is 37.2 Å². The van der Waals surface area contributed by atoms with E-state index in [-0.39, 0.29) is 11.8 Å². The summed E-state index contributed by atoms with van der Waals surface area (Å²) in [5, 5.41) is 9.81. The fourth-order valence-corrected chi connectivity index (χ4v) is 2.88. The van der Waals surface area contributed by atoms with Crippen molar-refractivity contribution in [1.82, 2.24) is 20.8 Å². The molecule has 0 spiro atoms. The highest BCUT2D eigenvalue weighted by Crippen LogP contribution is 2.24. The van der Waals surface area contributed by atoms with E-state index in [9.17, 15) is 9.59 Å². The van der Waals surface area contributed by atoms with Crippen LogP contribution in [0.25, 0.3) is 0 Å². The van der Waals surface area contributed by atoms with E-state index in [0.717, 1.165) is 5.56 Å². The SMILES string of the molecule is CC(=O)NC(C)(C)c1noc(C(CC(C)C)NC(=O)c2ccccc2C)n1. The zero-order chi connectivity index (χ0) is 20.2. The van der Waals surface area contributed by atoms with Crippen molar-refractivity contribution >= 4 is 11.8 Å². The number of rotatable bonds is 7. The molecule has 2 amide bonds. The Labute approximate surface area is 159 Å². The minimum Gasteiger partial charge on any atom is -0.344 e. The fourth-order valence-electron chi connectivity index (χ4n) is 2.88. The number of aryl methyl sites for hydroxylation is 1. The van der Waals surface area contributed by atoms with Crippen LogP contribution >= 0.6 is 0 Å². The molecule has 0 radical (unpaired) electrons. The van der Waals surface area contributed by atoms with Gasteiger partial charge in [0, 0.05) is 12.5 Å². The first kappa shape index (κ1) is 20.6. The highest BCUT2D eigenvalue weighted by molar-refractivity contribution is 5.95. The molecule has 1 atom stereocenters. The van der Waals surface area contributed by atoms with Gasteiger partial charge in [0.2, 0.25) is 11.8 Å². The van der Waals surface area contributed by atoms with Crippen LogP contribution in [0.15, 0.2) is 28.8 Å². The minimum atomic E-state index is -0.768. The van der Waals surface area contributed by atoms with Crippen molar-refractivity contribution in [3.05, 3.63) is 47.1 Å². The number of hydrogen-bond acceptors (Lipinski definition) is 5. The molecule has 1 aromatic carbocycles. The quantitative estimate of drug-likeness (QED) is 0.777. The van der Waals surface area contributed by atoms with E-state index in [2.05, 4.69) is 34.6 Å². The lowest BCUT2D eigenvalue weighted by Gasteiger charge is -2.21. The maximum absolute atomic E-state index is 12.7. The second-order valence-corrected chi connectivity index (χ2v) is 7.73. The molecule has 27 heavy (non-hydrogen) atoms. The number of nitrogens with zero attached hydrogens (tertiary/aromatic N) is 2. The summed E-state index contributed by atoms with van der Waals surface area (Å²) in [6.07, 6.45) is 0.653. The lowest BCUT2D eigenvalue weighted by atomic mass is 10.0. The van der Waals surface area contributed by atoms with E-state index >= 15 is 0 Å². The zero-order valence-corrected chi connectivity index (χ0v) is 16.8. The number of carbonyl (C=O) groups excluding carboxylic acids is 2. The summed E-state index contributed by atoms with van der Waals surface area (Å²) in [5.74, 6) is 0.647. The van der Waals surface area contributed by atoms with Crippen LogP contribution in [0.3, 0.4) is 0 Å². The molecule has 0 aliphatic heterocycles. The third kappa shape index (κ3) is 5.39. The minimum absolute atomic E-state index is 0.181. The molecule has 0 bridgehead atoms. The van der Waals surface area contributed by atoms with Crippen molar-refractivity contribution in [3.63, 3.8) is 0 Å². The normalized spacial score (nSPS) is 12.7. The monoisotopic (exact) mass is 372 g/mol. The number of nitrogens with one attached hydrogen (secondary N) is 2. The van der Waals surface area contributed by atoms with Crippen molar-refractivity contribution in [3.8, 4) is 0 Å². The number of amides is 2. The Morgan fingerprint density at radius 1 is 1.22 bits per heavy atom. The molecule has 1 heterocycles. The van der Waals surface area contributed by atoms with Gasteiger partial charge in [-0.2, -0.15) is 4.98 Å². The third-order valence-corrected chi connectivity index (χ3v) is 4.19. The van der Waals surface area contributed by atoms with Crippen LogP contribution in [0.5, 0.6) is 0 Å². The van der Waals surface area contributed by atoms with E-state index < -0.39 is 11.6 Å². The van der Waals surface area contributed by atoms with Crippen molar-refractivity contribution < 1.29 is 14.1 Å². The molecule has 146 valence electrons. The zero-order valence-electron chi connectivity index (χ0n) is 16.8. The molecule has 0 saturated heterocycles. The lowest BCUT2D eigenvalue weighted by Crippen LogP contribution is -2.40. The summed E-state index contributed by atoms with van der Waals surface area (Å²) in [4.78, 5) is 28.6. The van der Waals surface area contributed by atoms with Gasteiger partial charge in [-0.3, -0.25) is 9.59 Å². The molecule has 0 aliphatic rings. The van der Waals surface area contributed by atoms with Crippen LogP contribution in [-0.2, 0) is 10.3 Å². The molecule has 7 heteroatoms. The van der Waals surface area contributed by atoms with E-state index in [1.165, 1.54) is 6.92 Å². The molecule has 2 rings (SSSR count). The fraction of sp³-hybridized carbons (Fsp3) is 0.500. The van der Waals surface area contributed by atoms with Crippen LogP contribution in [0, 0.1) is 12.8 Å². The molecule has 1 unspecified atom stereocenters. The van der Waals surface area contributed by atoms with Crippen molar-refractivity contribution in [2.24, 2.45) is 5.92 Å². The third-order valence-electron chi connectivity index (χ3n) is 4.19. The van der Waals surface area contributed by atoms with Gasteiger partial charge in [-0.05, 0) is 44.7 Å². The average molecular weight is 372 g/mol. The van der Waals surface area contributed by atoms with Crippen LogP contribution < -0.4 is 10.6 Å². The summed E-state index contributed by atoms with van der Waals surface area (Å²) in [5.41, 5.74) is 0.747. The second-order valence-electron chi connectivity index (χ2n) is 7.73. The Kier molecular flexibility index (Phi) is 6.36. The number of aromatic nitrogens is 2. The number of carbonyl (C=O) groups is 2. The van der Waals surface area contributed by atoms with Crippen molar-refractivity contribution in [1.29, 1.82) is 0 Å². The second kappa shape index (κ2) is 8.33. The topological polar surface area (TPSA) is 97.1 Å². The van der Waals surface area contributed by atoms with Gasteiger partial charge in [-0.25, -0.2) is 0 Å². The summed E-state index contributed by atoms with van der Waals surface area (Å²) in [6.45, 7) is 11.1. The van der Waals surface area contributed by atoms with Crippen molar-refractivity contribution in [2.75, 3.05) is 0 Å². The molecule has 0 fully saturated rings. The Bertz CT molecular complexity index is 811. The van der Waals surface area contributed by atoms with Crippen LogP contribution in [0.1, 0.15) is 74.7 Å². The van der Waals surface area contributed by atoms with Gasteiger partial charge in [-0.15, -0.1) is 0 Å². The Morgan fingerprint density at radius 2 is 1.89 bits per heavy atom. The molecule has 7 nitrogen and oxygen atoms in total.